The molecule has 2 saturated carbocycles. The smallest absolute Gasteiger partial charge is 0.223 e. The molecule has 96 valence electrons. The maximum atomic E-state index is 12.3. The van der Waals surface area contributed by atoms with Crippen molar-refractivity contribution in [2.45, 2.75) is 51.0 Å². The molecule has 3 aliphatic rings. The second-order valence-corrected chi connectivity index (χ2v) is 6.26. The molecule has 2 N–H and O–H groups in total. The van der Waals surface area contributed by atoms with Gasteiger partial charge >= 0.3 is 0 Å². The van der Waals surface area contributed by atoms with Crippen LogP contribution in [0.1, 0.15) is 44.9 Å². The van der Waals surface area contributed by atoms with Crippen molar-refractivity contribution in [1.82, 2.24) is 4.90 Å². The molecule has 2 aliphatic carbocycles. The Morgan fingerprint density at radius 2 is 2.12 bits per heavy atom. The van der Waals surface area contributed by atoms with Gasteiger partial charge in [-0.1, -0.05) is 6.42 Å². The zero-order valence-electron chi connectivity index (χ0n) is 10.6. The van der Waals surface area contributed by atoms with Crippen molar-refractivity contribution in [2.75, 3.05) is 13.1 Å². The molecule has 3 nitrogen and oxygen atoms in total. The standard InChI is InChI=1S/C14H24N2O/c15-9-13-2-1-5-16(13)14(17)8-12-7-10-3-4-11(12)6-10/h10-13H,1-9,15H2. The van der Waals surface area contributed by atoms with E-state index in [4.69, 9.17) is 5.73 Å². The minimum atomic E-state index is 0.334. The van der Waals surface area contributed by atoms with Crippen LogP contribution in [0.15, 0.2) is 0 Å². The molecular formula is C14H24N2O. The summed E-state index contributed by atoms with van der Waals surface area (Å²) in [6.45, 7) is 1.59. The highest BCUT2D eigenvalue weighted by Gasteiger charge is 2.41. The molecule has 0 aromatic heterocycles. The maximum absolute atomic E-state index is 12.3. The predicted molar refractivity (Wildman–Crippen MR) is 67.3 cm³/mol. The first-order valence-electron chi connectivity index (χ1n) is 7.27. The van der Waals surface area contributed by atoms with Crippen LogP contribution in [0.2, 0.25) is 0 Å². The third-order valence-corrected chi connectivity index (χ3v) is 5.29. The van der Waals surface area contributed by atoms with Gasteiger partial charge < -0.3 is 10.6 Å². The van der Waals surface area contributed by atoms with Gasteiger partial charge in [0, 0.05) is 25.6 Å². The highest BCUT2D eigenvalue weighted by Crippen LogP contribution is 2.49. The van der Waals surface area contributed by atoms with Crippen molar-refractivity contribution in [3.8, 4) is 0 Å². The summed E-state index contributed by atoms with van der Waals surface area (Å²) in [5.74, 6) is 2.89. The van der Waals surface area contributed by atoms with E-state index in [0.717, 1.165) is 37.6 Å². The van der Waals surface area contributed by atoms with Crippen LogP contribution in [0.25, 0.3) is 0 Å². The van der Waals surface area contributed by atoms with Crippen LogP contribution in [0.3, 0.4) is 0 Å². The first kappa shape index (κ1) is 11.5. The summed E-state index contributed by atoms with van der Waals surface area (Å²) in [6, 6.07) is 0.334. The Morgan fingerprint density at radius 3 is 2.76 bits per heavy atom. The van der Waals surface area contributed by atoms with Crippen LogP contribution < -0.4 is 5.73 Å². The number of hydrogen-bond acceptors (Lipinski definition) is 2. The van der Waals surface area contributed by atoms with Gasteiger partial charge in [0.25, 0.3) is 0 Å². The molecule has 1 amide bonds. The van der Waals surface area contributed by atoms with Crippen molar-refractivity contribution in [2.24, 2.45) is 23.5 Å². The highest BCUT2D eigenvalue weighted by molar-refractivity contribution is 5.77. The van der Waals surface area contributed by atoms with E-state index in [-0.39, 0.29) is 0 Å². The number of carbonyl (C=O) groups excluding carboxylic acids is 1. The van der Waals surface area contributed by atoms with Crippen molar-refractivity contribution in [1.29, 1.82) is 0 Å². The summed E-state index contributed by atoms with van der Waals surface area (Å²) in [5.41, 5.74) is 5.74. The monoisotopic (exact) mass is 236 g/mol. The summed E-state index contributed by atoms with van der Waals surface area (Å²) >= 11 is 0. The van der Waals surface area contributed by atoms with Gasteiger partial charge in [-0.25, -0.2) is 0 Å². The first-order valence-corrected chi connectivity index (χ1v) is 7.27. The van der Waals surface area contributed by atoms with Gasteiger partial charge in [-0.05, 0) is 49.9 Å². The van der Waals surface area contributed by atoms with Gasteiger partial charge in [-0.2, -0.15) is 0 Å². The minimum absolute atomic E-state index is 0.334. The van der Waals surface area contributed by atoms with E-state index in [1.807, 2.05) is 0 Å². The Kier molecular flexibility index (Phi) is 3.12. The topological polar surface area (TPSA) is 46.3 Å². The lowest BCUT2D eigenvalue weighted by atomic mass is 9.86. The van der Waals surface area contributed by atoms with Crippen molar-refractivity contribution >= 4 is 5.91 Å². The SMILES string of the molecule is NCC1CCCN1C(=O)CC1CC2CCC1C2. The van der Waals surface area contributed by atoms with E-state index in [9.17, 15) is 4.79 Å². The van der Waals surface area contributed by atoms with Crippen LogP contribution in [0, 0.1) is 17.8 Å². The number of likely N-dealkylation sites (tertiary alicyclic amines) is 1. The molecule has 1 aliphatic heterocycles. The molecule has 1 heterocycles. The van der Waals surface area contributed by atoms with Crippen LogP contribution in [0.4, 0.5) is 0 Å². The summed E-state index contributed by atoms with van der Waals surface area (Å²) in [5, 5.41) is 0. The van der Waals surface area contributed by atoms with E-state index < -0.39 is 0 Å². The van der Waals surface area contributed by atoms with Crippen LogP contribution >= 0.6 is 0 Å². The molecule has 0 spiro atoms. The predicted octanol–water partition coefficient (Wildman–Crippen LogP) is 1.76. The molecule has 4 atom stereocenters. The molecule has 4 unspecified atom stereocenters. The number of nitrogens with two attached hydrogens (primary N) is 1. The molecule has 0 radical (unpaired) electrons. The second-order valence-electron chi connectivity index (χ2n) is 6.26. The zero-order chi connectivity index (χ0) is 11.8. The van der Waals surface area contributed by atoms with Gasteiger partial charge in [-0.3, -0.25) is 4.79 Å². The third kappa shape index (κ3) is 2.10. The van der Waals surface area contributed by atoms with Crippen molar-refractivity contribution in [3.63, 3.8) is 0 Å². The third-order valence-electron chi connectivity index (χ3n) is 5.29. The summed E-state index contributed by atoms with van der Waals surface area (Å²) in [7, 11) is 0. The Bertz CT molecular complexity index is 305. The number of carbonyl (C=O) groups is 1. The Balaban J connectivity index is 1.56. The highest BCUT2D eigenvalue weighted by atomic mass is 16.2. The summed E-state index contributed by atoms with van der Waals surface area (Å²) in [4.78, 5) is 14.4. The van der Waals surface area contributed by atoms with Gasteiger partial charge in [0.1, 0.15) is 0 Å². The lowest BCUT2D eigenvalue weighted by Gasteiger charge is -2.27. The summed E-state index contributed by atoms with van der Waals surface area (Å²) < 4.78 is 0. The van der Waals surface area contributed by atoms with E-state index in [1.165, 1.54) is 25.7 Å². The minimum Gasteiger partial charge on any atom is -0.338 e. The molecule has 3 heteroatoms. The zero-order valence-corrected chi connectivity index (χ0v) is 10.6. The molecule has 0 aromatic rings. The van der Waals surface area contributed by atoms with E-state index in [0.29, 0.717) is 24.4 Å². The van der Waals surface area contributed by atoms with Gasteiger partial charge in [0.05, 0.1) is 0 Å². The normalized spacial score (nSPS) is 40.2. The molecular weight excluding hydrogens is 212 g/mol. The lowest BCUT2D eigenvalue weighted by molar-refractivity contribution is -0.133. The lowest BCUT2D eigenvalue weighted by Crippen LogP contribution is -2.40. The number of nitrogens with zero attached hydrogens (tertiary/aromatic N) is 1. The van der Waals surface area contributed by atoms with Gasteiger partial charge in [0.15, 0.2) is 0 Å². The molecule has 3 rings (SSSR count). The first-order chi connectivity index (χ1) is 8.28. The Labute approximate surface area is 104 Å². The average Bonchev–Trinajstić information content (AvgIpc) is 3.04. The van der Waals surface area contributed by atoms with Crippen molar-refractivity contribution in [3.05, 3.63) is 0 Å². The second kappa shape index (κ2) is 4.60. The fourth-order valence-corrected chi connectivity index (χ4v) is 4.38. The number of hydrogen-bond donors (Lipinski definition) is 1. The largest absolute Gasteiger partial charge is 0.338 e. The number of fused-ring (bicyclic) bond motifs is 2. The van der Waals surface area contributed by atoms with Crippen LogP contribution in [-0.2, 0) is 4.79 Å². The molecule has 3 fully saturated rings. The molecule has 1 saturated heterocycles. The molecule has 17 heavy (non-hydrogen) atoms. The fraction of sp³-hybridized carbons (Fsp3) is 0.929. The Morgan fingerprint density at radius 1 is 1.24 bits per heavy atom. The van der Waals surface area contributed by atoms with Crippen molar-refractivity contribution < 1.29 is 4.79 Å². The maximum Gasteiger partial charge on any atom is 0.223 e. The number of amides is 1. The van der Waals surface area contributed by atoms with Crippen LogP contribution in [-0.4, -0.2) is 29.9 Å². The van der Waals surface area contributed by atoms with E-state index >= 15 is 0 Å². The molecule has 0 aromatic carbocycles. The summed E-state index contributed by atoms with van der Waals surface area (Å²) in [6.07, 6.45) is 8.57. The van der Waals surface area contributed by atoms with Gasteiger partial charge in [0.2, 0.25) is 5.91 Å². The molecule has 2 bridgehead atoms. The van der Waals surface area contributed by atoms with E-state index in [2.05, 4.69) is 4.90 Å². The Hall–Kier alpha value is -0.570. The fourth-order valence-electron chi connectivity index (χ4n) is 4.38. The quantitative estimate of drug-likeness (QED) is 0.811. The van der Waals surface area contributed by atoms with E-state index in [1.54, 1.807) is 0 Å². The van der Waals surface area contributed by atoms with Crippen LogP contribution in [0.5, 0.6) is 0 Å². The average molecular weight is 236 g/mol. The van der Waals surface area contributed by atoms with Gasteiger partial charge in [-0.15, -0.1) is 0 Å². The number of rotatable bonds is 3.